The molecule has 2 rings (SSSR count). The molecule has 0 spiro atoms. The van der Waals surface area contributed by atoms with Gasteiger partial charge in [-0.1, -0.05) is 42.5 Å². The topological polar surface area (TPSA) is 66.9 Å². The van der Waals surface area contributed by atoms with Crippen LogP contribution in [0.25, 0.3) is 0 Å². The molecule has 1 aliphatic rings. The number of hydrogen-bond donors (Lipinski definition) is 0. The standard InChI is InChI=1S/C20H26N2O4S/c1-6-8-11-22-14-18(20(23)26-12-7-2)19(21(5)27(22,24)25)17-10-9-15(3)13-16(17)4/h6-7,9-10,13-14,19H,1-2,8,11-12H2,3-5H3. The van der Waals surface area contributed by atoms with Gasteiger partial charge in [-0.15, -0.1) is 6.58 Å². The van der Waals surface area contributed by atoms with E-state index >= 15 is 0 Å². The van der Waals surface area contributed by atoms with E-state index in [1.54, 1.807) is 6.08 Å². The van der Waals surface area contributed by atoms with Crippen molar-refractivity contribution in [1.29, 1.82) is 0 Å². The molecule has 0 bridgehead atoms. The lowest BCUT2D eigenvalue weighted by Gasteiger charge is -2.38. The van der Waals surface area contributed by atoms with Crippen LogP contribution >= 0.6 is 0 Å². The number of likely N-dealkylation sites (N-methyl/N-ethyl adjacent to an activating group) is 1. The second kappa shape index (κ2) is 8.54. The molecule has 0 aliphatic carbocycles. The smallest absolute Gasteiger partial charge is 0.337 e. The van der Waals surface area contributed by atoms with Gasteiger partial charge in [-0.3, -0.25) is 4.31 Å². The molecule has 0 saturated carbocycles. The summed E-state index contributed by atoms with van der Waals surface area (Å²) in [6.07, 6.45) is 4.96. The average molecular weight is 391 g/mol. The van der Waals surface area contributed by atoms with Crippen molar-refractivity contribution in [3.63, 3.8) is 0 Å². The van der Waals surface area contributed by atoms with Crippen LogP contribution in [0.1, 0.15) is 29.2 Å². The van der Waals surface area contributed by atoms with E-state index in [2.05, 4.69) is 13.2 Å². The number of nitrogens with zero attached hydrogens (tertiary/aromatic N) is 2. The van der Waals surface area contributed by atoms with Crippen molar-refractivity contribution < 1.29 is 17.9 Å². The predicted octanol–water partition coefficient (Wildman–Crippen LogP) is 3.03. The molecule has 27 heavy (non-hydrogen) atoms. The lowest BCUT2D eigenvalue weighted by molar-refractivity contribution is -0.138. The van der Waals surface area contributed by atoms with E-state index in [1.807, 2.05) is 32.0 Å². The summed E-state index contributed by atoms with van der Waals surface area (Å²) in [5, 5.41) is 0. The fourth-order valence-corrected chi connectivity index (χ4v) is 4.47. The Labute approximate surface area is 161 Å². The van der Waals surface area contributed by atoms with Gasteiger partial charge in [0.2, 0.25) is 0 Å². The fourth-order valence-electron chi connectivity index (χ4n) is 3.06. The molecule has 1 heterocycles. The lowest BCUT2D eigenvalue weighted by atomic mass is 9.94. The Bertz CT molecular complexity index is 874. The summed E-state index contributed by atoms with van der Waals surface area (Å²) in [4.78, 5) is 12.7. The van der Waals surface area contributed by atoms with Crippen LogP contribution in [0, 0.1) is 13.8 Å². The molecule has 1 aromatic rings. The van der Waals surface area contributed by atoms with Crippen LogP contribution in [0.3, 0.4) is 0 Å². The van der Waals surface area contributed by atoms with Crippen LogP contribution in [-0.2, 0) is 19.7 Å². The fraction of sp³-hybridized carbons (Fsp3) is 0.350. The van der Waals surface area contributed by atoms with E-state index in [4.69, 9.17) is 4.74 Å². The van der Waals surface area contributed by atoms with E-state index in [0.29, 0.717) is 6.42 Å². The molecule has 1 atom stereocenters. The molecule has 6 nitrogen and oxygen atoms in total. The number of benzene rings is 1. The molecule has 146 valence electrons. The Kier molecular flexibility index (Phi) is 6.62. The molecule has 1 aliphatic heterocycles. The number of carbonyl (C=O) groups is 1. The Morgan fingerprint density at radius 2 is 1.96 bits per heavy atom. The minimum absolute atomic E-state index is 0.0545. The van der Waals surface area contributed by atoms with Crippen LogP contribution in [0.2, 0.25) is 0 Å². The quantitative estimate of drug-likeness (QED) is 0.530. The predicted molar refractivity (Wildman–Crippen MR) is 106 cm³/mol. The highest BCUT2D eigenvalue weighted by atomic mass is 32.2. The summed E-state index contributed by atoms with van der Waals surface area (Å²) in [5.41, 5.74) is 2.98. The third-order valence-corrected chi connectivity index (χ3v) is 6.26. The zero-order valence-corrected chi connectivity index (χ0v) is 16.8. The first-order chi connectivity index (χ1) is 12.7. The Hall–Kier alpha value is -2.38. The zero-order chi connectivity index (χ0) is 20.2. The maximum absolute atomic E-state index is 13.0. The van der Waals surface area contributed by atoms with E-state index in [-0.39, 0.29) is 18.7 Å². The summed E-state index contributed by atoms with van der Waals surface area (Å²) < 4.78 is 33.5. The van der Waals surface area contributed by atoms with Crippen molar-refractivity contribution in [2.24, 2.45) is 0 Å². The van der Waals surface area contributed by atoms with Crippen molar-refractivity contribution in [2.75, 3.05) is 20.2 Å². The first kappa shape index (κ1) is 20.9. The highest BCUT2D eigenvalue weighted by Crippen LogP contribution is 2.37. The van der Waals surface area contributed by atoms with Gasteiger partial charge in [0.25, 0.3) is 0 Å². The lowest BCUT2D eigenvalue weighted by Crippen LogP contribution is -2.47. The number of ether oxygens (including phenoxy) is 1. The normalized spacial score (nSPS) is 19.3. The van der Waals surface area contributed by atoms with Gasteiger partial charge in [-0.25, -0.2) is 4.79 Å². The zero-order valence-electron chi connectivity index (χ0n) is 16.0. The van der Waals surface area contributed by atoms with Crippen molar-refractivity contribution in [1.82, 2.24) is 8.61 Å². The largest absolute Gasteiger partial charge is 0.458 e. The number of hydrogen-bond acceptors (Lipinski definition) is 4. The van der Waals surface area contributed by atoms with Crippen molar-refractivity contribution in [3.8, 4) is 0 Å². The highest BCUT2D eigenvalue weighted by Gasteiger charge is 2.41. The number of aryl methyl sites for hydroxylation is 2. The second-order valence-electron chi connectivity index (χ2n) is 6.45. The van der Waals surface area contributed by atoms with Crippen LogP contribution in [0.15, 0.2) is 55.3 Å². The summed E-state index contributed by atoms with van der Waals surface area (Å²) in [7, 11) is -2.29. The first-order valence-electron chi connectivity index (χ1n) is 8.66. The number of esters is 1. The molecule has 0 N–H and O–H groups in total. The maximum Gasteiger partial charge on any atom is 0.337 e. The third-order valence-electron chi connectivity index (χ3n) is 4.44. The highest BCUT2D eigenvalue weighted by molar-refractivity contribution is 7.86. The van der Waals surface area contributed by atoms with Gasteiger partial charge < -0.3 is 4.74 Å². The molecule has 0 radical (unpaired) electrons. The van der Waals surface area contributed by atoms with Crippen LogP contribution in [0.5, 0.6) is 0 Å². The van der Waals surface area contributed by atoms with E-state index < -0.39 is 22.2 Å². The minimum atomic E-state index is -3.77. The van der Waals surface area contributed by atoms with E-state index in [1.165, 1.54) is 27.9 Å². The van der Waals surface area contributed by atoms with Gasteiger partial charge in [0, 0.05) is 19.8 Å². The van der Waals surface area contributed by atoms with Gasteiger partial charge in [0.05, 0.1) is 11.6 Å². The molecular formula is C20H26N2O4S. The Morgan fingerprint density at radius 1 is 1.26 bits per heavy atom. The maximum atomic E-state index is 13.0. The second-order valence-corrected chi connectivity index (χ2v) is 8.39. The monoisotopic (exact) mass is 390 g/mol. The molecule has 0 aromatic heterocycles. The van der Waals surface area contributed by atoms with Crippen LogP contribution in [0.4, 0.5) is 0 Å². The molecule has 0 fully saturated rings. The average Bonchev–Trinajstić information content (AvgIpc) is 2.61. The Balaban J connectivity index is 2.60. The van der Waals surface area contributed by atoms with E-state index in [9.17, 15) is 13.2 Å². The molecule has 7 heteroatoms. The van der Waals surface area contributed by atoms with Gasteiger partial charge in [-0.05, 0) is 31.4 Å². The van der Waals surface area contributed by atoms with Gasteiger partial charge >= 0.3 is 16.2 Å². The van der Waals surface area contributed by atoms with Gasteiger partial charge in [0.1, 0.15) is 6.61 Å². The molecule has 0 amide bonds. The summed E-state index contributed by atoms with van der Waals surface area (Å²) >= 11 is 0. The summed E-state index contributed by atoms with van der Waals surface area (Å²) in [6, 6.07) is 4.97. The third kappa shape index (κ3) is 4.31. The Morgan fingerprint density at radius 3 is 2.56 bits per heavy atom. The first-order valence-corrected chi connectivity index (χ1v) is 10.1. The minimum Gasteiger partial charge on any atom is -0.458 e. The van der Waals surface area contributed by atoms with Crippen molar-refractivity contribution in [2.45, 2.75) is 26.3 Å². The molecular weight excluding hydrogens is 364 g/mol. The molecule has 1 unspecified atom stereocenters. The van der Waals surface area contributed by atoms with Crippen LogP contribution in [-0.4, -0.2) is 43.2 Å². The van der Waals surface area contributed by atoms with Gasteiger partial charge in [0.15, 0.2) is 0 Å². The molecule has 1 aromatic carbocycles. The van der Waals surface area contributed by atoms with Crippen molar-refractivity contribution >= 4 is 16.2 Å². The number of carbonyl (C=O) groups excluding carboxylic acids is 1. The van der Waals surface area contributed by atoms with Gasteiger partial charge in [-0.2, -0.15) is 12.7 Å². The van der Waals surface area contributed by atoms with Crippen molar-refractivity contribution in [3.05, 3.63) is 72.0 Å². The summed E-state index contributed by atoms with van der Waals surface area (Å²) in [5.74, 6) is -0.565. The number of rotatable bonds is 7. The van der Waals surface area contributed by atoms with Crippen LogP contribution < -0.4 is 0 Å². The molecule has 0 saturated heterocycles. The van der Waals surface area contributed by atoms with E-state index in [0.717, 1.165) is 16.7 Å². The summed E-state index contributed by atoms with van der Waals surface area (Å²) in [6.45, 7) is 11.3. The SMILES string of the molecule is C=CCCN1C=C(C(=O)OCC=C)C(c2ccc(C)cc2C)N(C)S1(=O)=O.